The minimum Gasteiger partial charge on any atom is -0.302 e. The number of nitrogens with zero attached hydrogens (tertiary/aromatic N) is 3. The lowest BCUT2D eigenvalue weighted by molar-refractivity contribution is 0.389. The van der Waals surface area contributed by atoms with Crippen LogP contribution < -0.4 is 0 Å². The summed E-state index contributed by atoms with van der Waals surface area (Å²) in [6, 6.07) is 0. The topological polar surface area (TPSA) is 29.0 Å². The van der Waals surface area contributed by atoms with Crippen LogP contribution >= 0.6 is 0 Å². The summed E-state index contributed by atoms with van der Waals surface area (Å²) in [6.45, 7) is 13.3. The molecule has 0 bridgehead atoms. The van der Waals surface area contributed by atoms with Crippen molar-refractivity contribution in [3.8, 4) is 0 Å². The molecule has 17 heavy (non-hydrogen) atoms. The van der Waals surface area contributed by atoms with Gasteiger partial charge < -0.3 is 4.90 Å². The molecule has 0 aromatic carbocycles. The first kappa shape index (κ1) is 16.0. The lowest BCUT2D eigenvalue weighted by atomic mass is 10.0. The van der Waals surface area contributed by atoms with Crippen LogP contribution in [0.1, 0.15) is 56.4 Å². The molecule has 0 saturated heterocycles. The summed E-state index contributed by atoms with van der Waals surface area (Å²) in [6.07, 6.45) is 0. The van der Waals surface area contributed by atoms with Crippen molar-refractivity contribution in [3.05, 3.63) is 22.8 Å². The van der Waals surface area contributed by atoms with Gasteiger partial charge in [-0.2, -0.15) is 0 Å². The van der Waals surface area contributed by atoms with Crippen LogP contribution in [0.15, 0.2) is 0 Å². The molecule has 0 amide bonds. The Balaban J connectivity index is 0.00000121. The summed E-state index contributed by atoms with van der Waals surface area (Å²) in [5.74, 6) is 1.41. The Bertz CT molecular complexity index is 320. The van der Waals surface area contributed by atoms with Crippen molar-refractivity contribution in [2.75, 3.05) is 14.1 Å². The lowest BCUT2D eigenvalue weighted by Crippen LogP contribution is -2.15. The third-order valence-corrected chi connectivity index (χ3v) is 2.41. The van der Waals surface area contributed by atoms with Crippen molar-refractivity contribution in [3.63, 3.8) is 0 Å². The van der Waals surface area contributed by atoms with Crippen LogP contribution in [0.5, 0.6) is 0 Å². The molecule has 0 saturated carbocycles. The van der Waals surface area contributed by atoms with Crippen LogP contribution in [0.4, 0.5) is 0 Å². The second-order valence-electron chi connectivity index (χ2n) is 4.62. The Labute approximate surface area is 106 Å². The molecular formula is C14H27N3. The van der Waals surface area contributed by atoms with Gasteiger partial charge in [0.2, 0.25) is 0 Å². The van der Waals surface area contributed by atoms with Crippen molar-refractivity contribution < 1.29 is 0 Å². The van der Waals surface area contributed by atoms with Gasteiger partial charge in [-0.25, -0.2) is 9.97 Å². The van der Waals surface area contributed by atoms with E-state index in [-0.39, 0.29) is 0 Å². The summed E-state index contributed by atoms with van der Waals surface area (Å²) < 4.78 is 0. The number of hydrogen-bond acceptors (Lipinski definition) is 3. The minimum atomic E-state index is 0.499. The average Bonchev–Trinajstić information content (AvgIpc) is 2.17. The molecule has 0 N–H and O–H groups in total. The molecule has 3 heteroatoms. The van der Waals surface area contributed by atoms with Crippen LogP contribution in [0, 0.1) is 13.8 Å². The van der Waals surface area contributed by atoms with Gasteiger partial charge in [-0.3, -0.25) is 0 Å². The molecule has 1 heterocycles. The van der Waals surface area contributed by atoms with Gasteiger partial charge in [-0.15, -0.1) is 0 Å². The van der Waals surface area contributed by atoms with Gasteiger partial charge in [0.05, 0.1) is 6.54 Å². The van der Waals surface area contributed by atoms with Gasteiger partial charge in [0.15, 0.2) is 0 Å². The highest BCUT2D eigenvalue weighted by molar-refractivity contribution is 5.27. The summed E-state index contributed by atoms with van der Waals surface area (Å²) in [5, 5.41) is 0. The SMILES string of the molecule is CC.Cc1nc(CN(C)C)nc(C)c1C(C)C. The smallest absolute Gasteiger partial charge is 0.142 e. The number of rotatable bonds is 3. The number of aryl methyl sites for hydroxylation is 2. The standard InChI is InChI=1S/C12H21N3.C2H6/c1-8(2)12-9(3)13-11(7-15(5)6)14-10(12)4;1-2/h8H,7H2,1-6H3;1-2H3. The third-order valence-electron chi connectivity index (χ3n) is 2.41. The van der Waals surface area contributed by atoms with Crippen LogP contribution in [0.3, 0.4) is 0 Å². The molecule has 0 aliphatic carbocycles. The maximum absolute atomic E-state index is 4.54. The van der Waals surface area contributed by atoms with Crippen LogP contribution in [-0.2, 0) is 6.54 Å². The Morgan fingerprint density at radius 3 is 1.71 bits per heavy atom. The van der Waals surface area contributed by atoms with Gasteiger partial charge in [0.1, 0.15) is 5.82 Å². The van der Waals surface area contributed by atoms with Crippen molar-refractivity contribution in [1.29, 1.82) is 0 Å². The monoisotopic (exact) mass is 237 g/mol. The largest absolute Gasteiger partial charge is 0.302 e. The van der Waals surface area contributed by atoms with E-state index >= 15 is 0 Å². The second kappa shape index (κ2) is 7.38. The first-order chi connectivity index (χ1) is 7.91. The van der Waals surface area contributed by atoms with E-state index < -0.39 is 0 Å². The summed E-state index contributed by atoms with van der Waals surface area (Å²) in [4.78, 5) is 11.2. The number of aromatic nitrogens is 2. The predicted octanol–water partition coefficient (Wildman–Crippen LogP) is 3.30. The van der Waals surface area contributed by atoms with E-state index in [1.807, 2.05) is 27.9 Å². The molecule has 0 unspecified atom stereocenters. The Morgan fingerprint density at radius 1 is 1.00 bits per heavy atom. The molecule has 0 fully saturated rings. The Hall–Kier alpha value is -0.960. The fourth-order valence-electron chi connectivity index (χ4n) is 1.98. The quantitative estimate of drug-likeness (QED) is 0.807. The first-order valence-electron chi connectivity index (χ1n) is 6.40. The van der Waals surface area contributed by atoms with Crippen molar-refractivity contribution in [1.82, 2.24) is 14.9 Å². The molecule has 0 radical (unpaired) electrons. The molecule has 0 aliphatic rings. The highest BCUT2D eigenvalue weighted by Gasteiger charge is 2.11. The van der Waals surface area contributed by atoms with Gasteiger partial charge >= 0.3 is 0 Å². The molecule has 0 aliphatic heterocycles. The van der Waals surface area contributed by atoms with E-state index in [1.165, 1.54) is 5.56 Å². The van der Waals surface area contributed by atoms with E-state index in [0.29, 0.717) is 5.92 Å². The highest BCUT2D eigenvalue weighted by atomic mass is 15.1. The molecule has 98 valence electrons. The Kier molecular flexibility index (Phi) is 6.97. The lowest BCUT2D eigenvalue weighted by Gasteiger charge is -2.15. The highest BCUT2D eigenvalue weighted by Crippen LogP contribution is 2.20. The zero-order valence-corrected chi connectivity index (χ0v) is 12.6. The first-order valence-corrected chi connectivity index (χ1v) is 6.40. The van der Waals surface area contributed by atoms with E-state index in [0.717, 1.165) is 23.8 Å². The van der Waals surface area contributed by atoms with Gasteiger partial charge in [-0.05, 0) is 39.4 Å². The molecule has 0 atom stereocenters. The van der Waals surface area contributed by atoms with Gasteiger partial charge in [0.25, 0.3) is 0 Å². The normalized spacial score (nSPS) is 10.5. The molecule has 0 spiro atoms. The van der Waals surface area contributed by atoms with E-state index in [1.54, 1.807) is 0 Å². The summed E-state index contributed by atoms with van der Waals surface area (Å²) >= 11 is 0. The fraction of sp³-hybridized carbons (Fsp3) is 0.714. The molecule has 1 rings (SSSR count). The zero-order chi connectivity index (χ0) is 13.6. The minimum absolute atomic E-state index is 0.499. The Morgan fingerprint density at radius 2 is 1.41 bits per heavy atom. The third kappa shape index (κ3) is 4.82. The van der Waals surface area contributed by atoms with E-state index in [4.69, 9.17) is 0 Å². The van der Waals surface area contributed by atoms with E-state index in [9.17, 15) is 0 Å². The zero-order valence-electron chi connectivity index (χ0n) is 12.6. The fourth-order valence-corrected chi connectivity index (χ4v) is 1.98. The van der Waals surface area contributed by atoms with Gasteiger partial charge in [-0.1, -0.05) is 27.7 Å². The maximum atomic E-state index is 4.54. The van der Waals surface area contributed by atoms with Crippen molar-refractivity contribution in [2.24, 2.45) is 0 Å². The van der Waals surface area contributed by atoms with Crippen molar-refractivity contribution >= 4 is 0 Å². The molecule has 1 aromatic rings. The summed E-state index contributed by atoms with van der Waals surface area (Å²) in [7, 11) is 4.06. The van der Waals surface area contributed by atoms with Gasteiger partial charge in [0, 0.05) is 11.4 Å². The van der Waals surface area contributed by atoms with E-state index in [2.05, 4.69) is 42.6 Å². The summed E-state index contributed by atoms with van der Waals surface area (Å²) in [5.41, 5.74) is 3.53. The van der Waals surface area contributed by atoms with Crippen LogP contribution in [0.25, 0.3) is 0 Å². The molecular weight excluding hydrogens is 210 g/mol. The number of hydrogen-bond donors (Lipinski definition) is 0. The van der Waals surface area contributed by atoms with Crippen LogP contribution in [0.2, 0.25) is 0 Å². The van der Waals surface area contributed by atoms with Crippen LogP contribution in [-0.4, -0.2) is 29.0 Å². The predicted molar refractivity (Wildman–Crippen MR) is 74.3 cm³/mol. The maximum Gasteiger partial charge on any atom is 0.142 e. The molecule has 3 nitrogen and oxygen atoms in total. The van der Waals surface area contributed by atoms with Crippen molar-refractivity contribution in [2.45, 2.75) is 54.0 Å². The second-order valence-corrected chi connectivity index (χ2v) is 4.62. The average molecular weight is 237 g/mol. The molecule has 1 aromatic heterocycles.